The second kappa shape index (κ2) is 8.65. The lowest BCUT2D eigenvalue weighted by Gasteiger charge is -2.18. The van der Waals surface area contributed by atoms with Crippen LogP contribution in [0.3, 0.4) is 0 Å². The van der Waals surface area contributed by atoms with E-state index in [1.165, 1.54) is 5.56 Å². The lowest BCUT2D eigenvalue weighted by atomic mass is 9.86. The van der Waals surface area contributed by atoms with Gasteiger partial charge in [0.25, 0.3) is 0 Å². The van der Waals surface area contributed by atoms with Crippen molar-refractivity contribution in [3.63, 3.8) is 0 Å². The fraction of sp³-hybridized carbons (Fsp3) is 0.222. The van der Waals surface area contributed by atoms with Crippen LogP contribution in [0.15, 0.2) is 60.4 Å². The van der Waals surface area contributed by atoms with E-state index in [9.17, 15) is 4.79 Å². The van der Waals surface area contributed by atoms with E-state index in [4.69, 9.17) is 32.7 Å². The first-order valence-electron chi connectivity index (χ1n) is 10.4. The standard InChI is InChI=1S/C27H24Cl2O3/c1-16-23(31-15-20-21(28)6-5-7-22(20)29)13-12-19-25(30)24(32-26(16)19)14-17-8-10-18(11-9-17)27(2,3)4/h5-14H,15H2,1-4H3/b24-14-. The maximum absolute atomic E-state index is 12.9. The van der Waals surface area contributed by atoms with Gasteiger partial charge < -0.3 is 9.47 Å². The molecule has 1 heterocycles. The number of hydrogen-bond acceptors (Lipinski definition) is 3. The van der Waals surface area contributed by atoms with Crippen molar-refractivity contribution in [1.82, 2.24) is 0 Å². The molecule has 0 spiro atoms. The summed E-state index contributed by atoms with van der Waals surface area (Å²) in [6.45, 7) is 8.60. The average Bonchev–Trinajstić information content (AvgIpc) is 3.05. The van der Waals surface area contributed by atoms with Gasteiger partial charge in [-0.25, -0.2) is 0 Å². The molecule has 0 aromatic heterocycles. The van der Waals surface area contributed by atoms with E-state index in [0.717, 1.165) is 11.1 Å². The van der Waals surface area contributed by atoms with Crippen LogP contribution in [0.1, 0.15) is 53.4 Å². The van der Waals surface area contributed by atoms with Gasteiger partial charge in [0.05, 0.1) is 5.56 Å². The number of hydrogen-bond donors (Lipinski definition) is 0. The molecule has 3 nitrogen and oxygen atoms in total. The highest BCUT2D eigenvalue weighted by atomic mass is 35.5. The molecule has 0 aliphatic carbocycles. The van der Waals surface area contributed by atoms with Gasteiger partial charge in [0.15, 0.2) is 5.76 Å². The summed E-state index contributed by atoms with van der Waals surface area (Å²) in [7, 11) is 0. The zero-order valence-electron chi connectivity index (χ0n) is 18.5. The Kier molecular flexibility index (Phi) is 6.07. The summed E-state index contributed by atoms with van der Waals surface area (Å²) in [5.41, 5.74) is 4.22. The van der Waals surface area contributed by atoms with Crippen LogP contribution >= 0.6 is 23.2 Å². The van der Waals surface area contributed by atoms with Gasteiger partial charge in [0.1, 0.15) is 18.1 Å². The minimum Gasteiger partial charge on any atom is -0.488 e. The van der Waals surface area contributed by atoms with Gasteiger partial charge in [-0.15, -0.1) is 0 Å². The number of allylic oxidation sites excluding steroid dienone is 1. The summed E-state index contributed by atoms with van der Waals surface area (Å²) < 4.78 is 11.9. The number of ketones is 1. The molecule has 0 atom stereocenters. The van der Waals surface area contributed by atoms with Crippen LogP contribution in [0.25, 0.3) is 6.08 Å². The monoisotopic (exact) mass is 466 g/mol. The molecule has 32 heavy (non-hydrogen) atoms. The highest BCUT2D eigenvalue weighted by Crippen LogP contribution is 2.40. The van der Waals surface area contributed by atoms with Crippen molar-refractivity contribution < 1.29 is 14.3 Å². The van der Waals surface area contributed by atoms with E-state index >= 15 is 0 Å². The number of fused-ring (bicyclic) bond motifs is 1. The van der Waals surface area contributed by atoms with E-state index in [1.54, 1.807) is 36.4 Å². The molecule has 0 N–H and O–H groups in total. The summed E-state index contributed by atoms with van der Waals surface area (Å²) in [6.07, 6.45) is 1.78. The first-order valence-corrected chi connectivity index (χ1v) is 11.1. The second-order valence-corrected chi connectivity index (χ2v) is 9.68. The molecule has 0 bridgehead atoms. The predicted octanol–water partition coefficient (Wildman–Crippen LogP) is 7.79. The summed E-state index contributed by atoms with van der Waals surface area (Å²) >= 11 is 12.5. The Labute approximate surface area is 198 Å². The number of carbonyl (C=O) groups excluding carboxylic acids is 1. The number of ether oxygens (including phenoxy) is 2. The van der Waals surface area contributed by atoms with E-state index in [1.807, 2.05) is 19.1 Å². The summed E-state index contributed by atoms with van der Waals surface area (Å²) in [5.74, 6) is 1.31. The second-order valence-electron chi connectivity index (χ2n) is 8.87. The van der Waals surface area contributed by atoms with Gasteiger partial charge in [-0.2, -0.15) is 0 Å². The van der Waals surface area contributed by atoms with Gasteiger partial charge in [-0.3, -0.25) is 4.79 Å². The van der Waals surface area contributed by atoms with Crippen LogP contribution in [0.5, 0.6) is 11.5 Å². The average molecular weight is 467 g/mol. The maximum atomic E-state index is 12.9. The van der Waals surface area contributed by atoms with E-state index in [2.05, 4.69) is 32.9 Å². The SMILES string of the molecule is Cc1c(OCc2c(Cl)cccc2Cl)ccc2c1O/C(=C\c1ccc(C(C)(C)C)cc1)C2=O. The molecule has 0 radical (unpaired) electrons. The Hall–Kier alpha value is -2.75. The van der Waals surface area contributed by atoms with Crippen LogP contribution in [0.4, 0.5) is 0 Å². The third kappa shape index (κ3) is 4.41. The van der Waals surface area contributed by atoms with E-state index in [-0.39, 0.29) is 17.8 Å². The van der Waals surface area contributed by atoms with Crippen molar-refractivity contribution in [3.05, 3.63) is 98.2 Å². The maximum Gasteiger partial charge on any atom is 0.231 e. The Bertz CT molecular complexity index is 1200. The van der Waals surface area contributed by atoms with Crippen molar-refractivity contribution in [2.75, 3.05) is 0 Å². The van der Waals surface area contributed by atoms with Gasteiger partial charge in [-0.05, 0) is 53.8 Å². The Morgan fingerprint density at radius 3 is 2.25 bits per heavy atom. The number of benzene rings is 3. The number of carbonyl (C=O) groups is 1. The highest BCUT2D eigenvalue weighted by Gasteiger charge is 2.30. The molecule has 0 saturated carbocycles. The fourth-order valence-corrected chi connectivity index (χ4v) is 4.08. The summed E-state index contributed by atoms with van der Waals surface area (Å²) in [4.78, 5) is 12.9. The third-order valence-electron chi connectivity index (χ3n) is 5.54. The number of halogens is 2. The van der Waals surface area contributed by atoms with Crippen molar-refractivity contribution in [1.29, 1.82) is 0 Å². The van der Waals surface area contributed by atoms with Gasteiger partial charge in [0.2, 0.25) is 5.78 Å². The molecule has 0 fully saturated rings. The van der Waals surface area contributed by atoms with Gasteiger partial charge in [0, 0.05) is 21.2 Å². The summed E-state index contributed by atoms with van der Waals surface area (Å²) in [5, 5.41) is 1.09. The van der Waals surface area contributed by atoms with Crippen molar-refractivity contribution in [2.24, 2.45) is 0 Å². The molecular weight excluding hydrogens is 443 g/mol. The molecule has 4 rings (SSSR count). The lowest BCUT2D eigenvalue weighted by molar-refractivity contribution is 0.101. The fourth-order valence-electron chi connectivity index (χ4n) is 3.58. The molecule has 0 unspecified atom stereocenters. The molecule has 5 heteroatoms. The smallest absolute Gasteiger partial charge is 0.231 e. The largest absolute Gasteiger partial charge is 0.488 e. The molecule has 3 aromatic carbocycles. The normalized spacial score (nSPS) is 14.4. The van der Waals surface area contributed by atoms with Crippen LogP contribution in [-0.4, -0.2) is 5.78 Å². The van der Waals surface area contributed by atoms with Gasteiger partial charge in [-0.1, -0.05) is 74.3 Å². The molecule has 1 aliphatic heterocycles. The molecule has 3 aromatic rings. The van der Waals surface area contributed by atoms with Crippen molar-refractivity contribution in [3.8, 4) is 11.5 Å². The highest BCUT2D eigenvalue weighted by molar-refractivity contribution is 6.35. The minimum atomic E-state index is -0.135. The minimum absolute atomic E-state index is 0.0727. The molecule has 1 aliphatic rings. The van der Waals surface area contributed by atoms with Gasteiger partial charge >= 0.3 is 0 Å². The van der Waals surface area contributed by atoms with Crippen LogP contribution in [0, 0.1) is 6.92 Å². The Morgan fingerprint density at radius 2 is 1.62 bits per heavy atom. The lowest BCUT2D eigenvalue weighted by Crippen LogP contribution is -2.10. The van der Waals surface area contributed by atoms with Crippen LogP contribution < -0.4 is 9.47 Å². The Balaban J connectivity index is 1.56. The zero-order valence-corrected chi connectivity index (χ0v) is 20.0. The van der Waals surface area contributed by atoms with Crippen molar-refractivity contribution in [2.45, 2.75) is 39.7 Å². The number of rotatable bonds is 4. The molecule has 0 saturated heterocycles. The topological polar surface area (TPSA) is 35.5 Å². The predicted molar refractivity (Wildman–Crippen MR) is 130 cm³/mol. The molecular formula is C27H24Cl2O3. The molecule has 0 amide bonds. The molecule has 164 valence electrons. The van der Waals surface area contributed by atoms with Crippen LogP contribution in [-0.2, 0) is 12.0 Å². The summed E-state index contributed by atoms with van der Waals surface area (Å²) in [6, 6.07) is 17.0. The number of Topliss-reactive ketones (excluding diaryl/α,β-unsaturated/α-hetero) is 1. The third-order valence-corrected chi connectivity index (χ3v) is 6.25. The first-order chi connectivity index (χ1) is 15.1. The Morgan fingerprint density at radius 1 is 0.969 bits per heavy atom. The van der Waals surface area contributed by atoms with E-state index in [0.29, 0.717) is 38.4 Å². The van der Waals surface area contributed by atoms with Crippen molar-refractivity contribution >= 4 is 35.1 Å². The quantitative estimate of drug-likeness (QED) is 0.368. The van der Waals surface area contributed by atoms with E-state index < -0.39 is 0 Å². The first kappa shape index (κ1) is 22.4. The van der Waals surface area contributed by atoms with Crippen LogP contribution in [0.2, 0.25) is 10.0 Å². The zero-order chi connectivity index (χ0) is 23.0.